The lowest BCUT2D eigenvalue weighted by atomic mass is 10.1. The Labute approximate surface area is 101 Å². The van der Waals surface area contributed by atoms with Gasteiger partial charge < -0.3 is 0 Å². The van der Waals surface area contributed by atoms with E-state index in [1.807, 2.05) is 12.1 Å². The molecular formula is C13H14N4. The van der Waals surface area contributed by atoms with Gasteiger partial charge in [-0.3, -0.25) is 0 Å². The summed E-state index contributed by atoms with van der Waals surface area (Å²) in [5.74, 6) is 0. The van der Waals surface area contributed by atoms with E-state index in [1.54, 1.807) is 0 Å². The fourth-order valence-corrected chi connectivity index (χ4v) is 2.18. The zero-order chi connectivity index (χ0) is 12.1. The summed E-state index contributed by atoms with van der Waals surface area (Å²) in [7, 11) is 0. The minimum Gasteiger partial charge on any atom is -0.237 e. The standard InChI is InChI=1S/C13H14N4/c14-8-12-13(9-15)17-11-7-5-3-1-2-4-6-10(11)16-12/h1-7H2. The molecule has 17 heavy (non-hydrogen) atoms. The quantitative estimate of drug-likeness (QED) is 0.680. The molecule has 0 unspecified atom stereocenters. The van der Waals surface area contributed by atoms with Gasteiger partial charge in [-0.25, -0.2) is 9.97 Å². The first-order valence-corrected chi connectivity index (χ1v) is 6.05. The van der Waals surface area contributed by atoms with Crippen molar-refractivity contribution >= 4 is 0 Å². The van der Waals surface area contributed by atoms with Gasteiger partial charge in [-0.1, -0.05) is 19.3 Å². The van der Waals surface area contributed by atoms with E-state index in [2.05, 4.69) is 9.97 Å². The van der Waals surface area contributed by atoms with Gasteiger partial charge in [0, 0.05) is 0 Å². The number of aromatic nitrogens is 2. The van der Waals surface area contributed by atoms with Gasteiger partial charge in [0.25, 0.3) is 0 Å². The molecule has 0 spiro atoms. The van der Waals surface area contributed by atoms with E-state index in [0.717, 1.165) is 37.1 Å². The van der Waals surface area contributed by atoms with Crippen LogP contribution in [-0.2, 0) is 12.8 Å². The summed E-state index contributed by atoms with van der Waals surface area (Å²) < 4.78 is 0. The molecule has 1 aliphatic rings. The van der Waals surface area contributed by atoms with E-state index in [1.165, 1.54) is 19.3 Å². The summed E-state index contributed by atoms with van der Waals surface area (Å²) >= 11 is 0. The second kappa shape index (κ2) is 5.41. The molecule has 0 N–H and O–H groups in total. The molecule has 0 bridgehead atoms. The average molecular weight is 226 g/mol. The van der Waals surface area contributed by atoms with Crippen molar-refractivity contribution in [2.24, 2.45) is 0 Å². The fraction of sp³-hybridized carbons (Fsp3) is 0.538. The van der Waals surface area contributed by atoms with Gasteiger partial charge in [-0.15, -0.1) is 0 Å². The smallest absolute Gasteiger partial charge is 0.177 e. The lowest BCUT2D eigenvalue weighted by Crippen LogP contribution is -2.06. The molecule has 0 saturated carbocycles. The van der Waals surface area contributed by atoms with E-state index < -0.39 is 0 Å². The summed E-state index contributed by atoms with van der Waals surface area (Å²) in [4.78, 5) is 8.60. The third-order valence-corrected chi connectivity index (χ3v) is 3.09. The monoisotopic (exact) mass is 226 g/mol. The maximum absolute atomic E-state index is 8.93. The Hall–Kier alpha value is -1.94. The third kappa shape index (κ3) is 2.60. The van der Waals surface area contributed by atoms with Crippen LogP contribution in [0.15, 0.2) is 0 Å². The van der Waals surface area contributed by atoms with E-state index >= 15 is 0 Å². The molecule has 4 nitrogen and oxygen atoms in total. The van der Waals surface area contributed by atoms with Crippen molar-refractivity contribution in [3.8, 4) is 12.1 Å². The van der Waals surface area contributed by atoms with Crippen molar-refractivity contribution in [1.82, 2.24) is 9.97 Å². The molecule has 86 valence electrons. The van der Waals surface area contributed by atoms with Crippen LogP contribution in [0, 0.1) is 22.7 Å². The molecule has 0 amide bonds. The van der Waals surface area contributed by atoms with Crippen LogP contribution in [0.4, 0.5) is 0 Å². The van der Waals surface area contributed by atoms with Crippen LogP contribution >= 0.6 is 0 Å². The second-order valence-corrected chi connectivity index (χ2v) is 4.31. The Balaban J connectivity index is 2.41. The minimum absolute atomic E-state index is 0.172. The summed E-state index contributed by atoms with van der Waals surface area (Å²) in [6, 6.07) is 3.90. The molecule has 0 atom stereocenters. The summed E-state index contributed by atoms with van der Waals surface area (Å²) in [5.41, 5.74) is 2.18. The average Bonchev–Trinajstić information content (AvgIpc) is 2.48. The molecule has 0 saturated heterocycles. The second-order valence-electron chi connectivity index (χ2n) is 4.31. The van der Waals surface area contributed by atoms with Crippen LogP contribution in [0.5, 0.6) is 0 Å². The van der Waals surface area contributed by atoms with E-state index in [4.69, 9.17) is 10.5 Å². The maximum Gasteiger partial charge on any atom is 0.177 e. The Morgan fingerprint density at radius 2 is 1.12 bits per heavy atom. The predicted octanol–water partition coefficient (Wildman–Crippen LogP) is 2.27. The molecule has 1 heterocycles. The molecule has 1 aromatic rings. The molecule has 2 rings (SSSR count). The maximum atomic E-state index is 8.93. The Kier molecular flexibility index (Phi) is 3.67. The Bertz CT molecular complexity index is 448. The Morgan fingerprint density at radius 3 is 1.53 bits per heavy atom. The SMILES string of the molecule is N#Cc1nc2c(nc1C#N)CCCCCCC2. The van der Waals surface area contributed by atoms with Crippen molar-refractivity contribution in [3.05, 3.63) is 22.8 Å². The van der Waals surface area contributed by atoms with E-state index in [0.29, 0.717) is 0 Å². The zero-order valence-corrected chi connectivity index (χ0v) is 9.74. The molecule has 0 fully saturated rings. The van der Waals surface area contributed by atoms with Crippen LogP contribution in [0.25, 0.3) is 0 Å². The highest BCUT2D eigenvalue weighted by Gasteiger charge is 2.14. The normalized spacial score (nSPS) is 15.6. The molecular weight excluding hydrogens is 212 g/mol. The molecule has 0 aromatic carbocycles. The highest BCUT2D eigenvalue weighted by atomic mass is 14.8. The predicted molar refractivity (Wildman–Crippen MR) is 62.0 cm³/mol. The number of nitrogens with zero attached hydrogens (tertiary/aromatic N) is 4. The van der Waals surface area contributed by atoms with Gasteiger partial charge in [-0.05, 0) is 25.7 Å². The van der Waals surface area contributed by atoms with Crippen LogP contribution in [0.1, 0.15) is 54.9 Å². The van der Waals surface area contributed by atoms with Crippen molar-refractivity contribution in [3.63, 3.8) is 0 Å². The first-order valence-electron chi connectivity index (χ1n) is 6.05. The van der Waals surface area contributed by atoms with Crippen LogP contribution in [0.3, 0.4) is 0 Å². The summed E-state index contributed by atoms with van der Waals surface area (Å²) in [6.45, 7) is 0. The van der Waals surface area contributed by atoms with Gasteiger partial charge >= 0.3 is 0 Å². The van der Waals surface area contributed by atoms with Crippen LogP contribution in [-0.4, -0.2) is 9.97 Å². The molecule has 0 aliphatic heterocycles. The van der Waals surface area contributed by atoms with Crippen LogP contribution < -0.4 is 0 Å². The Morgan fingerprint density at radius 1 is 0.706 bits per heavy atom. The van der Waals surface area contributed by atoms with Crippen molar-refractivity contribution in [1.29, 1.82) is 10.5 Å². The largest absolute Gasteiger partial charge is 0.237 e. The highest BCUT2D eigenvalue weighted by molar-refractivity contribution is 5.37. The number of nitriles is 2. The lowest BCUT2D eigenvalue weighted by molar-refractivity contribution is 0.627. The molecule has 4 heteroatoms. The van der Waals surface area contributed by atoms with Gasteiger partial charge in [0.1, 0.15) is 12.1 Å². The van der Waals surface area contributed by atoms with Gasteiger partial charge in [0.05, 0.1) is 11.4 Å². The van der Waals surface area contributed by atoms with Crippen LogP contribution in [0.2, 0.25) is 0 Å². The molecule has 0 radical (unpaired) electrons. The van der Waals surface area contributed by atoms with Gasteiger partial charge in [0.2, 0.25) is 0 Å². The van der Waals surface area contributed by atoms with Gasteiger partial charge in [-0.2, -0.15) is 10.5 Å². The minimum atomic E-state index is 0.172. The van der Waals surface area contributed by atoms with Crippen molar-refractivity contribution in [2.45, 2.75) is 44.9 Å². The summed E-state index contributed by atoms with van der Waals surface area (Å²) in [6.07, 6.45) is 7.62. The number of aryl methyl sites for hydroxylation is 2. The van der Waals surface area contributed by atoms with E-state index in [9.17, 15) is 0 Å². The van der Waals surface area contributed by atoms with Crippen molar-refractivity contribution < 1.29 is 0 Å². The first-order chi connectivity index (χ1) is 8.35. The highest BCUT2D eigenvalue weighted by Crippen LogP contribution is 2.18. The van der Waals surface area contributed by atoms with Crippen molar-refractivity contribution in [2.75, 3.05) is 0 Å². The first kappa shape index (κ1) is 11.5. The van der Waals surface area contributed by atoms with E-state index in [-0.39, 0.29) is 11.4 Å². The number of hydrogen-bond acceptors (Lipinski definition) is 4. The number of rotatable bonds is 0. The van der Waals surface area contributed by atoms with Gasteiger partial charge in [0.15, 0.2) is 11.4 Å². The third-order valence-electron chi connectivity index (χ3n) is 3.09. The zero-order valence-electron chi connectivity index (χ0n) is 9.74. The summed E-state index contributed by atoms with van der Waals surface area (Å²) in [5, 5.41) is 17.9. The fourth-order valence-electron chi connectivity index (χ4n) is 2.18. The number of hydrogen-bond donors (Lipinski definition) is 0. The number of fused-ring (bicyclic) bond motifs is 1. The molecule has 1 aliphatic carbocycles. The lowest BCUT2D eigenvalue weighted by Gasteiger charge is -2.07. The topological polar surface area (TPSA) is 73.4 Å². The molecule has 1 aromatic heterocycles.